The molecule has 0 fully saturated rings. The Kier molecular flexibility index (Phi) is 3.66. The first-order valence-electron chi connectivity index (χ1n) is 6.46. The summed E-state index contributed by atoms with van der Waals surface area (Å²) in [6.07, 6.45) is 0. The van der Waals surface area contributed by atoms with Crippen LogP contribution < -0.4 is 0 Å². The second kappa shape index (κ2) is 5.21. The number of rotatable bonds is 3. The molecule has 0 N–H and O–H groups in total. The largest absolute Gasteiger partial charge is 0.339 e. The molecule has 0 heterocycles. The van der Waals surface area contributed by atoms with Gasteiger partial charge in [0.2, 0.25) is 0 Å². The number of fused-ring (bicyclic) bond motifs is 1. The van der Waals surface area contributed by atoms with E-state index in [1.54, 1.807) is 0 Å². The average molecular weight is 241 g/mol. The predicted octanol–water partition coefficient (Wildman–Crippen LogP) is 3.63. The minimum Gasteiger partial charge on any atom is -0.339 e. The van der Waals surface area contributed by atoms with Gasteiger partial charge in [-0.25, -0.2) is 0 Å². The summed E-state index contributed by atoms with van der Waals surface area (Å²) in [5.41, 5.74) is 2.02. The lowest BCUT2D eigenvalue weighted by molar-refractivity contribution is 0.0775. The lowest BCUT2D eigenvalue weighted by Gasteiger charge is -2.20. The topological polar surface area (TPSA) is 20.3 Å². The van der Waals surface area contributed by atoms with E-state index < -0.39 is 0 Å². The summed E-state index contributed by atoms with van der Waals surface area (Å²) in [5.74, 6) is 0.121. The quantitative estimate of drug-likeness (QED) is 0.803. The van der Waals surface area contributed by atoms with Crippen LogP contribution in [-0.2, 0) is 0 Å². The highest BCUT2D eigenvalue weighted by Crippen LogP contribution is 2.23. The molecule has 0 bridgehead atoms. The van der Waals surface area contributed by atoms with Crippen molar-refractivity contribution in [1.82, 2.24) is 4.90 Å². The SMILES string of the molecule is CCN(CC)C(=O)c1ccc(C)c2ccccc12. The third-order valence-corrected chi connectivity index (χ3v) is 3.42. The molecule has 0 radical (unpaired) electrons. The Bertz CT molecular complexity index is 570. The zero-order chi connectivity index (χ0) is 13.1. The van der Waals surface area contributed by atoms with Gasteiger partial charge in [0.05, 0.1) is 0 Å². The predicted molar refractivity (Wildman–Crippen MR) is 75.9 cm³/mol. The molecule has 18 heavy (non-hydrogen) atoms. The van der Waals surface area contributed by atoms with Gasteiger partial charge in [-0.1, -0.05) is 30.3 Å². The van der Waals surface area contributed by atoms with E-state index >= 15 is 0 Å². The molecular weight excluding hydrogens is 222 g/mol. The number of nitrogens with zero attached hydrogens (tertiary/aromatic N) is 1. The van der Waals surface area contributed by atoms with Crippen LogP contribution in [0.3, 0.4) is 0 Å². The monoisotopic (exact) mass is 241 g/mol. The van der Waals surface area contributed by atoms with E-state index in [1.165, 1.54) is 5.56 Å². The zero-order valence-electron chi connectivity index (χ0n) is 11.2. The van der Waals surface area contributed by atoms with Gasteiger partial charge in [-0.2, -0.15) is 0 Å². The Balaban J connectivity index is 2.58. The number of carbonyl (C=O) groups is 1. The van der Waals surface area contributed by atoms with Crippen molar-refractivity contribution in [2.45, 2.75) is 20.8 Å². The Labute approximate surface area is 108 Å². The smallest absolute Gasteiger partial charge is 0.254 e. The first-order valence-corrected chi connectivity index (χ1v) is 6.46. The van der Waals surface area contributed by atoms with Crippen molar-refractivity contribution in [3.63, 3.8) is 0 Å². The Morgan fingerprint density at radius 2 is 1.61 bits per heavy atom. The van der Waals surface area contributed by atoms with Crippen LogP contribution in [-0.4, -0.2) is 23.9 Å². The van der Waals surface area contributed by atoms with Gasteiger partial charge in [-0.05, 0) is 43.2 Å². The van der Waals surface area contributed by atoms with Crippen molar-refractivity contribution in [3.05, 3.63) is 47.5 Å². The lowest BCUT2D eigenvalue weighted by atomic mass is 9.99. The molecule has 2 nitrogen and oxygen atoms in total. The fourth-order valence-electron chi connectivity index (χ4n) is 2.32. The van der Waals surface area contributed by atoms with Crippen LogP contribution in [0, 0.1) is 6.92 Å². The molecule has 0 aromatic heterocycles. The minimum atomic E-state index is 0.121. The number of hydrogen-bond acceptors (Lipinski definition) is 1. The molecule has 0 spiro atoms. The van der Waals surface area contributed by atoms with Crippen LogP contribution in [0.2, 0.25) is 0 Å². The maximum atomic E-state index is 12.5. The number of benzene rings is 2. The van der Waals surface area contributed by atoms with Gasteiger partial charge in [0, 0.05) is 18.7 Å². The van der Waals surface area contributed by atoms with E-state index in [2.05, 4.69) is 13.0 Å². The standard InChI is InChI=1S/C16H19NO/c1-4-17(5-2)16(18)15-11-10-12(3)13-8-6-7-9-14(13)15/h6-11H,4-5H2,1-3H3. The van der Waals surface area contributed by atoms with E-state index in [-0.39, 0.29) is 5.91 Å². The van der Waals surface area contributed by atoms with Gasteiger partial charge >= 0.3 is 0 Å². The molecule has 0 saturated carbocycles. The highest BCUT2D eigenvalue weighted by atomic mass is 16.2. The maximum absolute atomic E-state index is 12.5. The van der Waals surface area contributed by atoms with Gasteiger partial charge in [-0.15, -0.1) is 0 Å². The van der Waals surface area contributed by atoms with Crippen LogP contribution in [0.4, 0.5) is 0 Å². The molecule has 0 aliphatic heterocycles. The van der Waals surface area contributed by atoms with Gasteiger partial charge < -0.3 is 4.90 Å². The summed E-state index contributed by atoms with van der Waals surface area (Å²) in [5, 5.41) is 2.21. The summed E-state index contributed by atoms with van der Waals surface area (Å²) in [6.45, 7) is 7.60. The van der Waals surface area contributed by atoms with Gasteiger partial charge in [0.25, 0.3) is 5.91 Å². The van der Waals surface area contributed by atoms with Crippen LogP contribution in [0.15, 0.2) is 36.4 Å². The van der Waals surface area contributed by atoms with Crippen LogP contribution in [0.25, 0.3) is 10.8 Å². The molecule has 0 atom stereocenters. The van der Waals surface area contributed by atoms with E-state index in [9.17, 15) is 4.79 Å². The number of hydrogen-bond donors (Lipinski definition) is 0. The van der Waals surface area contributed by atoms with E-state index in [0.717, 1.165) is 29.4 Å². The van der Waals surface area contributed by atoms with Crippen LogP contribution >= 0.6 is 0 Å². The molecular formula is C16H19NO. The minimum absolute atomic E-state index is 0.121. The first-order chi connectivity index (χ1) is 8.69. The van der Waals surface area contributed by atoms with E-state index in [1.807, 2.05) is 49.1 Å². The molecule has 94 valence electrons. The van der Waals surface area contributed by atoms with Crippen molar-refractivity contribution in [3.8, 4) is 0 Å². The fourth-order valence-corrected chi connectivity index (χ4v) is 2.32. The molecule has 0 unspecified atom stereocenters. The summed E-state index contributed by atoms with van der Waals surface area (Å²) >= 11 is 0. The second-order valence-corrected chi connectivity index (χ2v) is 4.45. The fraction of sp³-hybridized carbons (Fsp3) is 0.312. The summed E-state index contributed by atoms with van der Waals surface area (Å²) < 4.78 is 0. The maximum Gasteiger partial charge on any atom is 0.254 e. The van der Waals surface area contributed by atoms with Gasteiger partial charge in [0.1, 0.15) is 0 Å². The Morgan fingerprint density at radius 1 is 1.00 bits per heavy atom. The van der Waals surface area contributed by atoms with Crippen molar-refractivity contribution >= 4 is 16.7 Å². The van der Waals surface area contributed by atoms with Crippen molar-refractivity contribution in [1.29, 1.82) is 0 Å². The Morgan fingerprint density at radius 3 is 2.22 bits per heavy atom. The highest BCUT2D eigenvalue weighted by Gasteiger charge is 2.15. The van der Waals surface area contributed by atoms with Crippen LogP contribution in [0.1, 0.15) is 29.8 Å². The zero-order valence-corrected chi connectivity index (χ0v) is 11.2. The van der Waals surface area contributed by atoms with E-state index in [0.29, 0.717) is 0 Å². The van der Waals surface area contributed by atoms with Crippen molar-refractivity contribution in [2.75, 3.05) is 13.1 Å². The van der Waals surface area contributed by atoms with Crippen molar-refractivity contribution < 1.29 is 4.79 Å². The van der Waals surface area contributed by atoms with Crippen LogP contribution in [0.5, 0.6) is 0 Å². The summed E-state index contributed by atoms with van der Waals surface area (Å²) in [6, 6.07) is 12.1. The molecule has 2 rings (SSSR count). The summed E-state index contributed by atoms with van der Waals surface area (Å²) in [4.78, 5) is 14.3. The highest BCUT2D eigenvalue weighted by molar-refractivity contribution is 6.07. The average Bonchev–Trinajstić information content (AvgIpc) is 2.41. The summed E-state index contributed by atoms with van der Waals surface area (Å²) in [7, 11) is 0. The Hall–Kier alpha value is -1.83. The van der Waals surface area contributed by atoms with Crippen molar-refractivity contribution in [2.24, 2.45) is 0 Å². The number of amides is 1. The molecule has 0 aliphatic rings. The normalized spacial score (nSPS) is 10.6. The third kappa shape index (κ3) is 2.10. The molecule has 2 aromatic carbocycles. The number of aryl methyl sites for hydroxylation is 1. The lowest BCUT2D eigenvalue weighted by Crippen LogP contribution is -2.30. The van der Waals surface area contributed by atoms with Gasteiger partial charge in [-0.3, -0.25) is 4.79 Å². The molecule has 2 aromatic rings. The molecule has 0 saturated heterocycles. The molecule has 2 heteroatoms. The second-order valence-electron chi connectivity index (χ2n) is 4.45. The third-order valence-electron chi connectivity index (χ3n) is 3.42. The number of carbonyl (C=O) groups excluding carboxylic acids is 1. The van der Waals surface area contributed by atoms with E-state index in [4.69, 9.17) is 0 Å². The first kappa shape index (κ1) is 12.6. The molecule has 1 amide bonds. The molecule has 0 aliphatic carbocycles. The van der Waals surface area contributed by atoms with Gasteiger partial charge in [0.15, 0.2) is 0 Å².